The van der Waals surface area contributed by atoms with Crippen molar-refractivity contribution in [2.24, 2.45) is 10.1 Å². The molecule has 1 N–H and O–H groups in total. The van der Waals surface area contributed by atoms with Crippen LogP contribution in [0.2, 0.25) is 0 Å². The van der Waals surface area contributed by atoms with Gasteiger partial charge in [0.1, 0.15) is 16.7 Å². The maximum absolute atomic E-state index is 12.9. The van der Waals surface area contributed by atoms with Crippen LogP contribution in [0.25, 0.3) is 0 Å². The number of methoxy groups -OCH3 is 1. The van der Waals surface area contributed by atoms with Gasteiger partial charge in [0, 0.05) is 18.5 Å². The Balaban J connectivity index is 1.31. The molecule has 5 rings (SSSR count). The molecule has 2 aliphatic heterocycles. The minimum atomic E-state index is -0.610. The molecule has 9 heteroatoms. The molecule has 2 aliphatic rings. The molecule has 8 nitrogen and oxygen atoms in total. The number of amides is 2. The number of nitrogens with one attached hydrogen (secondary N) is 1. The highest BCUT2D eigenvalue weighted by molar-refractivity contribution is 8.15. The van der Waals surface area contributed by atoms with Crippen LogP contribution in [-0.4, -0.2) is 46.7 Å². The standard InChI is InChI=1S/C30H30N4O4S/c1-4-38-24-15-11-22(12-16-24)31-28(35)18-27-29(36)32-30(39-27)34-26(21-7-5-19(2)6-8-21)17-25(33-34)20-9-13-23(37-3)14-10-20/h5-16,26-27H,4,17-18H2,1-3H3,(H,31,35). The summed E-state index contributed by atoms with van der Waals surface area (Å²) in [6.45, 7) is 4.54. The fourth-order valence-corrected chi connectivity index (χ4v) is 5.54. The van der Waals surface area contributed by atoms with Crippen molar-refractivity contribution in [2.75, 3.05) is 19.0 Å². The van der Waals surface area contributed by atoms with Gasteiger partial charge in [-0.05, 0) is 73.5 Å². The van der Waals surface area contributed by atoms with Crippen molar-refractivity contribution >= 4 is 40.1 Å². The molecule has 0 saturated carbocycles. The average molecular weight is 543 g/mol. The molecule has 0 saturated heterocycles. The van der Waals surface area contributed by atoms with Gasteiger partial charge in [-0.3, -0.25) is 9.59 Å². The second-order valence-corrected chi connectivity index (χ2v) is 10.5. The number of hydrazone groups is 1. The smallest absolute Gasteiger partial charge is 0.262 e. The second kappa shape index (κ2) is 11.7. The molecule has 2 heterocycles. The van der Waals surface area contributed by atoms with Crippen LogP contribution >= 0.6 is 11.8 Å². The topological polar surface area (TPSA) is 92.6 Å². The zero-order valence-corrected chi connectivity index (χ0v) is 22.9. The van der Waals surface area contributed by atoms with E-state index in [1.54, 1.807) is 31.4 Å². The number of hydrogen-bond donors (Lipinski definition) is 1. The Hall–Kier alpha value is -4.11. The first kappa shape index (κ1) is 26.5. The molecule has 200 valence electrons. The highest BCUT2D eigenvalue weighted by Gasteiger charge is 2.39. The van der Waals surface area contributed by atoms with E-state index < -0.39 is 5.25 Å². The third-order valence-electron chi connectivity index (χ3n) is 6.54. The zero-order valence-electron chi connectivity index (χ0n) is 22.1. The lowest BCUT2D eigenvalue weighted by Crippen LogP contribution is -2.25. The minimum Gasteiger partial charge on any atom is -0.497 e. The Labute approximate surface area is 232 Å². The monoisotopic (exact) mass is 542 g/mol. The number of carbonyl (C=O) groups excluding carboxylic acids is 2. The SMILES string of the molecule is CCOc1ccc(NC(=O)CC2SC(N3N=C(c4ccc(OC)cc4)CC3c3ccc(C)cc3)=NC2=O)cc1. The van der Waals surface area contributed by atoms with Crippen LogP contribution in [0.1, 0.15) is 42.5 Å². The van der Waals surface area contributed by atoms with E-state index in [1.165, 1.54) is 17.3 Å². The van der Waals surface area contributed by atoms with E-state index in [0.717, 1.165) is 28.3 Å². The number of aryl methyl sites for hydroxylation is 1. The van der Waals surface area contributed by atoms with E-state index in [4.69, 9.17) is 14.6 Å². The molecule has 0 aromatic heterocycles. The minimum absolute atomic E-state index is 0.0157. The van der Waals surface area contributed by atoms with Crippen molar-refractivity contribution in [2.45, 2.75) is 38.0 Å². The highest BCUT2D eigenvalue weighted by Crippen LogP contribution is 2.39. The van der Waals surface area contributed by atoms with Crippen LogP contribution in [0.3, 0.4) is 0 Å². The Bertz CT molecular complexity index is 1400. The van der Waals surface area contributed by atoms with Crippen LogP contribution in [0, 0.1) is 6.92 Å². The van der Waals surface area contributed by atoms with Gasteiger partial charge >= 0.3 is 0 Å². The quantitative estimate of drug-likeness (QED) is 0.400. The number of rotatable bonds is 8. The third-order valence-corrected chi connectivity index (χ3v) is 7.68. The van der Waals surface area contributed by atoms with Crippen LogP contribution in [0.4, 0.5) is 5.69 Å². The lowest BCUT2D eigenvalue weighted by atomic mass is 9.98. The Morgan fingerprint density at radius 2 is 1.72 bits per heavy atom. The molecule has 0 bridgehead atoms. The van der Waals surface area contributed by atoms with Crippen LogP contribution in [0.15, 0.2) is 82.9 Å². The number of carbonyl (C=O) groups is 2. The third kappa shape index (κ3) is 6.15. The van der Waals surface area contributed by atoms with Gasteiger partial charge in [0.25, 0.3) is 5.91 Å². The van der Waals surface area contributed by atoms with Gasteiger partial charge in [-0.15, -0.1) is 0 Å². The molecule has 0 radical (unpaired) electrons. The van der Waals surface area contributed by atoms with Crippen LogP contribution in [-0.2, 0) is 9.59 Å². The van der Waals surface area contributed by atoms with Gasteiger partial charge in [0.2, 0.25) is 5.91 Å². The summed E-state index contributed by atoms with van der Waals surface area (Å²) in [5.41, 5.74) is 4.78. The van der Waals surface area contributed by atoms with Gasteiger partial charge < -0.3 is 14.8 Å². The molecule has 39 heavy (non-hydrogen) atoms. The number of benzene rings is 3. The summed E-state index contributed by atoms with van der Waals surface area (Å²) in [6, 6.07) is 23.1. The normalized spacial score (nSPS) is 18.5. The molecular weight excluding hydrogens is 512 g/mol. The lowest BCUT2D eigenvalue weighted by Gasteiger charge is -2.23. The maximum atomic E-state index is 12.9. The molecule has 0 spiro atoms. The summed E-state index contributed by atoms with van der Waals surface area (Å²) in [5.74, 6) is 0.934. The summed E-state index contributed by atoms with van der Waals surface area (Å²) in [6.07, 6.45) is 0.674. The summed E-state index contributed by atoms with van der Waals surface area (Å²) in [7, 11) is 1.64. The lowest BCUT2D eigenvalue weighted by molar-refractivity contribution is -0.121. The predicted octanol–water partition coefficient (Wildman–Crippen LogP) is 5.58. The number of aliphatic imine (C=N–C) groups is 1. The van der Waals surface area contributed by atoms with Crippen LogP contribution in [0.5, 0.6) is 11.5 Å². The number of thioether (sulfide) groups is 1. The molecular formula is C30H30N4O4S. The van der Waals surface area contributed by atoms with E-state index in [1.807, 2.05) is 43.1 Å². The molecule has 2 amide bonds. The van der Waals surface area contributed by atoms with E-state index in [-0.39, 0.29) is 24.3 Å². The number of amidine groups is 1. The molecule has 0 aliphatic carbocycles. The molecule has 3 aromatic carbocycles. The number of hydrogen-bond acceptors (Lipinski definition) is 7. The fourth-order valence-electron chi connectivity index (χ4n) is 4.48. The Morgan fingerprint density at radius 1 is 1.03 bits per heavy atom. The van der Waals surface area contributed by atoms with Crippen molar-refractivity contribution in [3.63, 3.8) is 0 Å². The van der Waals surface area contributed by atoms with Crippen molar-refractivity contribution in [1.29, 1.82) is 0 Å². The fraction of sp³-hybridized carbons (Fsp3) is 0.267. The number of ether oxygens (including phenoxy) is 2. The first-order valence-electron chi connectivity index (χ1n) is 12.8. The van der Waals surface area contributed by atoms with Gasteiger partial charge in [-0.25, -0.2) is 5.01 Å². The average Bonchev–Trinajstić information content (AvgIpc) is 3.54. The summed E-state index contributed by atoms with van der Waals surface area (Å²) in [5, 5.41) is 9.49. The Kier molecular flexibility index (Phi) is 7.97. The highest BCUT2D eigenvalue weighted by atomic mass is 32.2. The van der Waals surface area contributed by atoms with Crippen molar-refractivity contribution in [3.8, 4) is 11.5 Å². The van der Waals surface area contributed by atoms with Crippen molar-refractivity contribution in [3.05, 3.63) is 89.5 Å². The summed E-state index contributed by atoms with van der Waals surface area (Å²) < 4.78 is 10.7. The first-order chi connectivity index (χ1) is 18.9. The largest absolute Gasteiger partial charge is 0.497 e. The van der Waals surface area contributed by atoms with Gasteiger partial charge in [0.05, 0.1) is 25.5 Å². The van der Waals surface area contributed by atoms with Gasteiger partial charge in [-0.1, -0.05) is 41.6 Å². The first-order valence-corrected chi connectivity index (χ1v) is 13.7. The summed E-state index contributed by atoms with van der Waals surface area (Å²) >= 11 is 1.29. The molecule has 2 atom stereocenters. The zero-order chi connectivity index (χ0) is 27.4. The van der Waals surface area contributed by atoms with Gasteiger partial charge in [-0.2, -0.15) is 10.1 Å². The molecule has 3 aromatic rings. The number of anilines is 1. The van der Waals surface area contributed by atoms with E-state index >= 15 is 0 Å². The maximum Gasteiger partial charge on any atom is 0.262 e. The molecule has 2 unspecified atom stereocenters. The predicted molar refractivity (Wildman–Crippen MR) is 155 cm³/mol. The van der Waals surface area contributed by atoms with Crippen LogP contribution < -0.4 is 14.8 Å². The van der Waals surface area contributed by atoms with E-state index in [0.29, 0.717) is 23.9 Å². The summed E-state index contributed by atoms with van der Waals surface area (Å²) in [4.78, 5) is 29.9. The van der Waals surface area contributed by atoms with E-state index in [2.05, 4.69) is 34.6 Å². The van der Waals surface area contributed by atoms with Crippen molar-refractivity contribution < 1.29 is 19.1 Å². The van der Waals surface area contributed by atoms with E-state index in [9.17, 15) is 9.59 Å². The number of nitrogens with zero attached hydrogens (tertiary/aromatic N) is 3. The second-order valence-electron chi connectivity index (χ2n) is 9.30. The van der Waals surface area contributed by atoms with Crippen molar-refractivity contribution in [1.82, 2.24) is 5.01 Å². The Morgan fingerprint density at radius 3 is 2.38 bits per heavy atom. The van der Waals surface area contributed by atoms with Gasteiger partial charge in [0.15, 0.2) is 5.17 Å². The molecule has 0 fully saturated rings.